The molecule has 0 radical (unpaired) electrons. The van der Waals surface area contributed by atoms with E-state index >= 15 is 0 Å². The van der Waals surface area contributed by atoms with Crippen LogP contribution >= 0.6 is 0 Å². The van der Waals surface area contributed by atoms with Gasteiger partial charge in [0.25, 0.3) is 0 Å². The van der Waals surface area contributed by atoms with Crippen LogP contribution in [0.2, 0.25) is 0 Å². The van der Waals surface area contributed by atoms with E-state index in [9.17, 15) is 22.0 Å². The second-order valence-corrected chi connectivity index (χ2v) is 7.12. The van der Waals surface area contributed by atoms with Gasteiger partial charge in [0, 0.05) is 30.8 Å². The Morgan fingerprint density at radius 3 is 2.22 bits per heavy atom. The zero-order valence-electron chi connectivity index (χ0n) is 12.6. The molecule has 0 spiro atoms. The SMILES string of the molecule is CC(=O)c1ccc(S(=O)(=O)N(C)Cc2ccc(F)cc2F)cc1. The van der Waals surface area contributed by atoms with Crippen LogP contribution in [0.1, 0.15) is 22.8 Å². The molecule has 0 saturated carbocycles. The third-order valence-corrected chi connectivity index (χ3v) is 5.19. The molecule has 0 unspecified atom stereocenters. The molecule has 7 heteroatoms. The van der Waals surface area contributed by atoms with Crippen LogP contribution in [0.5, 0.6) is 0 Å². The summed E-state index contributed by atoms with van der Waals surface area (Å²) in [5.74, 6) is -1.70. The molecule has 0 aliphatic carbocycles. The molecule has 0 N–H and O–H groups in total. The van der Waals surface area contributed by atoms with Crippen molar-refractivity contribution in [3.8, 4) is 0 Å². The van der Waals surface area contributed by atoms with Crippen molar-refractivity contribution in [2.45, 2.75) is 18.4 Å². The van der Waals surface area contributed by atoms with Crippen LogP contribution in [0.25, 0.3) is 0 Å². The lowest BCUT2D eigenvalue weighted by Gasteiger charge is -2.18. The Kier molecular flexibility index (Phi) is 4.91. The van der Waals surface area contributed by atoms with Gasteiger partial charge in [-0.15, -0.1) is 0 Å². The topological polar surface area (TPSA) is 54.5 Å². The maximum Gasteiger partial charge on any atom is 0.243 e. The summed E-state index contributed by atoms with van der Waals surface area (Å²) in [6.07, 6.45) is 0. The monoisotopic (exact) mass is 339 g/mol. The van der Waals surface area contributed by atoms with Crippen LogP contribution in [0.15, 0.2) is 47.4 Å². The molecule has 2 rings (SSSR count). The maximum absolute atomic E-state index is 13.6. The second-order valence-electron chi connectivity index (χ2n) is 5.08. The first kappa shape index (κ1) is 17.2. The van der Waals surface area contributed by atoms with Gasteiger partial charge in [-0.2, -0.15) is 4.31 Å². The number of hydrogen-bond acceptors (Lipinski definition) is 3. The number of benzene rings is 2. The lowest BCUT2D eigenvalue weighted by molar-refractivity contribution is 0.101. The first-order chi connectivity index (χ1) is 10.7. The number of ketones is 1. The quantitative estimate of drug-likeness (QED) is 0.787. The standard InChI is InChI=1S/C16H15F2NO3S/c1-11(20)12-4-7-15(8-5-12)23(21,22)19(2)10-13-3-6-14(17)9-16(13)18/h3-9H,10H2,1-2H3. The maximum atomic E-state index is 13.6. The number of hydrogen-bond donors (Lipinski definition) is 0. The van der Waals surface area contributed by atoms with Crippen LogP contribution in [-0.4, -0.2) is 25.6 Å². The normalized spacial score (nSPS) is 11.7. The van der Waals surface area contributed by atoms with E-state index in [2.05, 4.69) is 0 Å². The fraction of sp³-hybridized carbons (Fsp3) is 0.188. The molecule has 122 valence electrons. The molecule has 4 nitrogen and oxygen atoms in total. The molecule has 0 fully saturated rings. The number of Topliss-reactive ketones (excluding diaryl/α,β-unsaturated/α-hetero) is 1. The highest BCUT2D eigenvalue weighted by Crippen LogP contribution is 2.19. The fourth-order valence-corrected chi connectivity index (χ4v) is 3.17. The summed E-state index contributed by atoms with van der Waals surface area (Å²) in [6.45, 7) is 1.15. The Hall–Kier alpha value is -2.12. The summed E-state index contributed by atoms with van der Waals surface area (Å²) in [6, 6.07) is 8.46. The predicted octanol–water partition coefficient (Wildman–Crippen LogP) is 2.99. The Morgan fingerprint density at radius 2 is 1.70 bits per heavy atom. The summed E-state index contributed by atoms with van der Waals surface area (Å²) in [5, 5.41) is 0. The summed E-state index contributed by atoms with van der Waals surface area (Å²) in [5.41, 5.74) is 0.467. The van der Waals surface area contributed by atoms with Crippen molar-refractivity contribution < 1.29 is 22.0 Å². The highest BCUT2D eigenvalue weighted by Gasteiger charge is 2.22. The lowest BCUT2D eigenvalue weighted by atomic mass is 10.2. The van der Waals surface area contributed by atoms with Gasteiger partial charge < -0.3 is 0 Å². The Morgan fingerprint density at radius 1 is 1.09 bits per heavy atom. The minimum Gasteiger partial charge on any atom is -0.295 e. The van der Waals surface area contributed by atoms with E-state index in [1.165, 1.54) is 44.3 Å². The molecule has 0 aromatic heterocycles. The zero-order chi connectivity index (χ0) is 17.2. The van der Waals surface area contributed by atoms with E-state index in [0.29, 0.717) is 11.6 Å². The van der Waals surface area contributed by atoms with Gasteiger partial charge in [-0.1, -0.05) is 18.2 Å². The van der Waals surface area contributed by atoms with Gasteiger partial charge in [0.2, 0.25) is 10.0 Å². The molecule has 2 aromatic carbocycles. The molecule has 0 bridgehead atoms. The fourth-order valence-electron chi connectivity index (χ4n) is 2.02. The van der Waals surface area contributed by atoms with Gasteiger partial charge in [-0.3, -0.25) is 4.79 Å². The molecule has 0 heterocycles. The highest BCUT2D eigenvalue weighted by molar-refractivity contribution is 7.89. The van der Waals surface area contributed by atoms with E-state index < -0.39 is 21.7 Å². The first-order valence-electron chi connectivity index (χ1n) is 6.73. The number of sulfonamides is 1. The smallest absolute Gasteiger partial charge is 0.243 e. The minimum atomic E-state index is -3.84. The van der Waals surface area contributed by atoms with Gasteiger partial charge in [-0.25, -0.2) is 17.2 Å². The van der Waals surface area contributed by atoms with Gasteiger partial charge in [0.1, 0.15) is 11.6 Å². The molecular weight excluding hydrogens is 324 g/mol. The highest BCUT2D eigenvalue weighted by atomic mass is 32.2. The molecule has 0 aliphatic rings. The number of halogens is 2. The molecule has 0 atom stereocenters. The number of carbonyl (C=O) groups is 1. The number of rotatable bonds is 5. The van der Waals surface area contributed by atoms with Crippen LogP contribution < -0.4 is 0 Å². The molecule has 0 saturated heterocycles. The molecular formula is C16H15F2NO3S. The van der Waals surface area contributed by atoms with Crippen molar-refractivity contribution in [2.75, 3.05) is 7.05 Å². The zero-order valence-corrected chi connectivity index (χ0v) is 13.4. The van der Waals surface area contributed by atoms with Crippen LogP contribution in [0.4, 0.5) is 8.78 Å². The lowest BCUT2D eigenvalue weighted by Crippen LogP contribution is -2.27. The summed E-state index contributed by atoms with van der Waals surface area (Å²) in [7, 11) is -2.54. The van der Waals surface area contributed by atoms with Crippen molar-refractivity contribution in [1.29, 1.82) is 0 Å². The third kappa shape index (κ3) is 3.80. The van der Waals surface area contributed by atoms with E-state index in [0.717, 1.165) is 10.4 Å². The molecule has 0 aliphatic heterocycles. The average molecular weight is 339 g/mol. The minimum absolute atomic E-state index is 0.00693. The Labute approximate surface area is 133 Å². The van der Waals surface area contributed by atoms with Crippen molar-refractivity contribution in [3.05, 3.63) is 65.2 Å². The largest absolute Gasteiger partial charge is 0.295 e. The van der Waals surface area contributed by atoms with Gasteiger partial charge in [-0.05, 0) is 25.1 Å². The van der Waals surface area contributed by atoms with Gasteiger partial charge in [0.15, 0.2) is 5.78 Å². The van der Waals surface area contributed by atoms with Gasteiger partial charge in [0.05, 0.1) is 4.90 Å². The van der Waals surface area contributed by atoms with Gasteiger partial charge >= 0.3 is 0 Å². The molecule has 0 amide bonds. The summed E-state index contributed by atoms with van der Waals surface area (Å²) < 4.78 is 52.4. The summed E-state index contributed by atoms with van der Waals surface area (Å²) in [4.78, 5) is 11.2. The third-order valence-electron chi connectivity index (χ3n) is 3.38. The van der Waals surface area contributed by atoms with Crippen molar-refractivity contribution in [2.24, 2.45) is 0 Å². The molecule has 2 aromatic rings. The van der Waals surface area contributed by atoms with Crippen molar-refractivity contribution >= 4 is 15.8 Å². The van der Waals surface area contributed by atoms with Crippen LogP contribution in [0.3, 0.4) is 0 Å². The Balaban J connectivity index is 2.26. The second kappa shape index (κ2) is 6.55. The predicted molar refractivity (Wildman–Crippen MR) is 81.5 cm³/mol. The number of carbonyl (C=O) groups excluding carboxylic acids is 1. The molecule has 23 heavy (non-hydrogen) atoms. The summed E-state index contributed by atoms with van der Waals surface area (Å²) >= 11 is 0. The van der Waals surface area contributed by atoms with Crippen molar-refractivity contribution in [1.82, 2.24) is 4.31 Å². The van der Waals surface area contributed by atoms with Crippen molar-refractivity contribution in [3.63, 3.8) is 0 Å². The van der Waals surface area contributed by atoms with E-state index in [1.807, 2.05) is 0 Å². The van der Waals surface area contributed by atoms with Crippen LogP contribution in [0, 0.1) is 11.6 Å². The van der Waals surface area contributed by atoms with E-state index in [1.54, 1.807) is 0 Å². The van der Waals surface area contributed by atoms with E-state index in [4.69, 9.17) is 0 Å². The van der Waals surface area contributed by atoms with Crippen LogP contribution in [-0.2, 0) is 16.6 Å². The number of nitrogens with zero attached hydrogens (tertiary/aromatic N) is 1. The first-order valence-corrected chi connectivity index (χ1v) is 8.17. The average Bonchev–Trinajstić information content (AvgIpc) is 2.50. The van der Waals surface area contributed by atoms with E-state index in [-0.39, 0.29) is 22.8 Å². The Bertz CT molecular complexity index is 833.